The molecule has 7 heteroatoms. The molecule has 3 aliphatic carbocycles. The number of nitrogens with zero attached hydrogens (tertiary/aromatic N) is 5. The Morgan fingerprint density at radius 3 is 2.36 bits per heavy atom. The highest BCUT2D eigenvalue weighted by Gasteiger charge is 2.66. The number of anilines is 1. The van der Waals surface area contributed by atoms with Crippen LogP contribution in [0, 0.1) is 10.8 Å². The third-order valence-electron chi connectivity index (χ3n) is 9.20. The molecule has 2 unspecified atom stereocenters. The van der Waals surface area contributed by atoms with Gasteiger partial charge in [-0.3, -0.25) is 9.78 Å². The number of aliphatic hydroxyl groups is 1. The molecule has 172 valence electrons. The summed E-state index contributed by atoms with van der Waals surface area (Å²) in [4.78, 5) is 31.9. The van der Waals surface area contributed by atoms with Gasteiger partial charge in [0.05, 0.1) is 0 Å². The van der Waals surface area contributed by atoms with E-state index in [1.807, 2.05) is 23.2 Å². The number of hydrogen-bond donors (Lipinski definition) is 1. The first-order valence-electron chi connectivity index (χ1n) is 12.6. The zero-order valence-corrected chi connectivity index (χ0v) is 19.1. The second kappa shape index (κ2) is 6.75. The van der Waals surface area contributed by atoms with Crippen molar-refractivity contribution >= 4 is 11.7 Å². The summed E-state index contributed by atoms with van der Waals surface area (Å²) in [5, 5.41) is 10.5. The number of aryl methyl sites for hydroxylation is 1. The van der Waals surface area contributed by atoms with Crippen molar-refractivity contribution in [3.05, 3.63) is 35.8 Å². The van der Waals surface area contributed by atoms with Crippen LogP contribution in [-0.2, 0) is 17.6 Å². The maximum atomic E-state index is 13.0. The lowest BCUT2D eigenvalue weighted by molar-refractivity contribution is -0.142. The molecule has 0 spiro atoms. The minimum absolute atomic E-state index is 0.0223. The molecule has 0 bridgehead atoms. The predicted molar refractivity (Wildman–Crippen MR) is 124 cm³/mol. The molecule has 4 fully saturated rings. The second-order valence-electron chi connectivity index (χ2n) is 11.2. The van der Waals surface area contributed by atoms with Crippen molar-refractivity contribution in [2.45, 2.75) is 63.4 Å². The Hall–Kier alpha value is -2.54. The van der Waals surface area contributed by atoms with Crippen molar-refractivity contribution in [2.75, 3.05) is 31.1 Å². The fourth-order valence-electron chi connectivity index (χ4n) is 7.34. The minimum atomic E-state index is -1.07. The number of hydrogen-bond acceptors (Lipinski definition) is 6. The van der Waals surface area contributed by atoms with Crippen molar-refractivity contribution in [2.24, 2.45) is 10.8 Å². The molecule has 2 aromatic heterocycles. The predicted octanol–water partition coefficient (Wildman–Crippen LogP) is 2.76. The van der Waals surface area contributed by atoms with E-state index in [1.165, 1.54) is 24.1 Å². The molecule has 2 atom stereocenters. The average Bonchev–Trinajstić information content (AvgIpc) is 3.18. The van der Waals surface area contributed by atoms with Crippen LogP contribution in [0.1, 0.15) is 56.2 Å². The Balaban J connectivity index is 1.26. The van der Waals surface area contributed by atoms with Crippen LogP contribution in [0.3, 0.4) is 0 Å². The molecule has 7 rings (SSSR count). The molecule has 4 heterocycles. The summed E-state index contributed by atoms with van der Waals surface area (Å²) in [6.07, 6.45) is 12.9. The molecule has 2 saturated heterocycles. The highest BCUT2D eigenvalue weighted by atomic mass is 16.3. The molecule has 0 radical (unpaired) electrons. The van der Waals surface area contributed by atoms with E-state index in [1.54, 1.807) is 6.20 Å². The van der Waals surface area contributed by atoms with E-state index < -0.39 is 5.60 Å². The van der Waals surface area contributed by atoms with Gasteiger partial charge in [-0.15, -0.1) is 0 Å². The minimum Gasteiger partial charge on any atom is -0.380 e. The second-order valence-corrected chi connectivity index (χ2v) is 11.2. The molecule has 2 saturated carbocycles. The highest BCUT2D eigenvalue weighted by molar-refractivity contribution is 5.88. The quantitative estimate of drug-likeness (QED) is 0.782. The molecule has 0 aromatic carbocycles. The molecule has 7 nitrogen and oxygen atoms in total. The standard InChI is InChI=1S/C26H31N5O2/c32-23(26(33)10-11-26)31-16-24-8-1-2-9-25(24,17-31)15-30(14-24)22-19-6-3-7-20(19)28-21(29-22)18-5-4-12-27-13-18/h4-5,12-13,33H,1-3,6-11,14-17H2. The Bertz CT molecular complexity index is 1110. The first-order chi connectivity index (χ1) is 16.0. The number of likely N-dealkylation sites (tertiary alicyclic amines) is 1. The topological polar surface area (TPSA) is 82.5 Å². The molecular formula is C26H31N5O2. The Morgan fingerprint density at radius 1 is 0.939 bits per heavy atom. The fraction of sp³-hybridized carbons (Fsp3) is 0.615. The van der Waals surface area contributed by atoms with Crippen LogP contribution in [0.5, 0.6) is 0 Å². The zero-order chi connectivity index (χ0) is 22.3. The highest BCUT2D eigenvalue weighted by Crippen LogP contribution is 2.61. The Kier molecular flexibility index (Phi) is 4.07. The molecular weight excluding hydrogens is 414 g/mol. The maximum Gasteiger partial charge on any atom is 0.254 e. The van der Waals surface area contributed by atoms with E-state index in [-0.39, 0.29) is 16.7 Å². The Morgan fingerprint density at radius 2 is 1.70 bits per heavy atom. The molecule has 2 aromatic rings. The van der Waals surface area contributed by atoms with Crippen LogP contribution in [0.15, 0.2) is 24.5 Å². The lowest BCUT2D eigenvalue weighted by atomic mass is 9.60. The number of carbonyl (C=O) groups is 1. The zero-order valence-electron chi connectivity index (χ0n) is 19.1. The Labute approximate surface area is 194 Å². The van der Waals surface area contributed by atoms with Crippen molar-refractivity contribution in [1.82, 2.24) is 19.9 Å². The van der Waals surface area contributed by atoms with Gasteiger partial charge in [-0.05, 0) is 57.1 Å². The van der Waals surface area contributed by atoms with Crippen molar-refractivity contribution in [3.8, 4) is 11.4 Å². The van der Waals surface area contributed by atoms with Crippen LogP contribution in [0.2, 0.25) is 0 Å². The first kappa shape index (κ1) is 19.9. The smallest absolute Gasteiger partial charge is 0.254 e. The summed E-state index contributed by atoms with van der Waals surface area (Å²) in [7, 11) is 0. The number of amides is 1. The van der Waals surface area contributed by atoms with Crippen molar-refractivity contribution < 1.29 is 9.90 Å². The normalized spacial score (nSPS) is 31.3. The van der Waals surface area contributed by atoms with Gasteiger partial charge in [0.15, 0.2) is 5.82 Å². The van der Waals surface area contributed by atoms with E-state index in [4.69, 9.17) is 9.97 Å². The van der Waals surface area contributed by atoms with Gasteiger partial charge in [0, 0.05) is 66.2 Å². The molecule has 1 N–H and O–H groups in total. The number of rotatable bonds is 3. The average molecular weight is 446 g/mol. The van der Waals surface area contributed by atoms with Crippen molar-refractivity contribution in [1.29, 1.82) is 0 Å². The van der Waals surface area contributed by atoms with Crippen LogP contribution in [-0.4, -0.2) is 62.6 Å². The van der Waals surface area contributed by atoms with Crippen LogP contribution < -0.4 is 4.90 Å². The number of pyridine rings is 1. The van der Waals surface area contributed by atoms with E-state index in [0.717, 1.165) is 75.5 Å². The van der Waals surface area contributed by atoms with Gasteiger partial charge in [-0.25, -0.2) is 9.97 Å². The molecule has 33 heavy (non-hydrogen) atoms. The summed E-state index contributed by atoms with van der Waals surface area (Å²) in [6, 6.07) is 3.98. The number of aromatic nitrogens is 3. The largest absolute Gasteiger partial charge is 0.380 e. The van der Waals surface area contributed by atoms with Gasteiger partial charge in [-0.1, -0.05) is 12.8 Å². The summed E-state index contributed by atoms with van der Waals surface area (Å²) in [5.41, 5.74) is 2.64. The van der Waals surface area contributed by atoms with E-state index in [9.17, 15) is 9.90 Å². The molecule has 2 aliphatic heterocycles. The third kappa shape index (κ3) is 2.84. The van der Waals surface area contributed by atoms with Gasteiger partial charge < -0.3 is 14.9 Å². The van der Waals surface area contributed by atoms with Crippen LogP contribution >= 0.6 is 0 Å². The molecule has 5 aliphatic rings. The van der Waals surface area contributed by atoms with E-state index >= 15 is 0 Å². The fourth-order valence-corrected chi connectivity index (χ4v) is 7.34. The summed E-state index contributed by atoms with van der Waals surface area (Å²) >= 11 is 0. The maximum absolute atomic E-state index is 13.0. The van der Waals surface area contributed by atoms with Gasteiger partial charge in [0.2, 0.25) is 0 Å². The summed E-state index contributed by atoms with van der Waals surface area (Å²) in [5.74, 6) is 1.87. The lowest BCUT2D eigenvalue weighted by Crippen LogP contribution is -2.42. The first-order valence-corrected chi connectivity index (χ1v) is 12.6. The van der Waals surface area contributed by atoms with Crippen LogP contribution in [0.4, 0.5) is 5.82 Å². The van der Waals surface area contributed by atoms with Gasteiger partial charge in [0.25, 0.3) is 5.91 Å². The van der Waals surface area contributed by atoms with Crippen LogP contribution in [0.25, 0.3) is 11.4 Å². The SMILES string of the molecule is O=C(N1CC23CCCCC2(C1)CN(c1nc(-c2cccnc2)nc2c1CCC2)C3)C1(O)CC1. The summed E-state index contributed by atoms with van der Waals surface area (Å²) in [6.45, 7) is 3.47. The number of fused-ring (bicyclic) bond motifs is 1. The van der Waals surface area contributed by atoms with Gasteiger partial charge in [-0.2, -0.15) is 0 Å². The molecule has 1 amide bonds. The van der Waals surface area contributed by atoms with Gasteiger partial charge >= 0.3 is 0 Å². The monoisotopic (exact) mass is 445 g/mol. The van der Waals surface area contributed by atoms with E-state index in [0.29, 0.717) is 12.8 Å². The number of carbonyl (C=O) groups excluding carboxylic acids is 1. The van der Waals surface area contributed by atoms with E-state index in [2.05, 4.69) is 9.88 Å². The third-order valence-corrected chi connectivity index (χ3v) is 9.20. The lowest BCUT2D eigenvalue weighted by Gasteiger charge is -2.41. The van der Waals surface area contributed by atoms with Crippen molar-refractivity contribution in [3.63, 3.8) is 0 Å². The summed E-state index contributed by atoms with van der Waals surface area (Å²) < 4.78 is 0. The van der Waals surface area contributed by atoms with Gasteiger partial charge in [0.1, 0.15) is 11.4 Å².